The molecule has 1 aromatic heterocycles. The van der Waals surface area contributed by atoms with Gasteiger partial charge in [-0.3, -0.25) is 10.1 Å². The van der Waals surface area contributed by atoms with E-state index < -0.39 is 15.1 Å². The van der Waals surface area contributed by atoms with Crippen molar-refractivity contribution in [2.75, 3.05) is 18.9 Å². The van der Waals surface area contributed by atoms with E-state index in [0.717, 1.165) is 25.2 Å². The van der Waals surface area contributed by atoms with Gasteiger partial charge in [0.2, 0.25) is 0 Å². The number of benzene rings is 1. The third kappa shape index (κ3) is 3.75. The molecule has 134 valence electrons. The summed E-state index contributed by atoms with van der Waals surface area (Å²) in [7, 11) is -1.27. The first-order valence-electron chi connectivity index (χ1n) is 8.10. The average molecular weight is 380 g/mol. The second kappa shape index (κ2) is 6.86. The molecule has 1 N–H and O–H groups in total. The van der Waals surface area contributed by atoms with E-state index in [2.05, 4.69) is 22.2 Å². The number of sulfone groups is 1. The lowest BCUT2D eigenvalue weighted by Gasteiger charge is -2.20. The maximum absolute atomic E-state index is 12.4. The molecule has 1 aliphatic heterocycles. The van der Waals surface area contributed by atoms with Crippen LogP contribution < -0.4 is 5.32 Å². The van der Waals surface area contributed by atoms with Crippen LogP contribution in [0.15, 0.2) is 29.2 Å². The Morgan fingerprint density at radius 2 is 1.96 bits per heavy atom. The highest BCUT2D eigenvalue weighted by molar-refractivity contribution is 7.92. The van der Waals surface area contributed by atoms with Gasteiger partial charge in [-0.25, -0.2) is 13.4 Å². The number of carbonyl (C=O) groups is 1. The number of aromatic nitrogens is 1. The predicted molar refractivity (Wildman–Crippen MR) is 98.9 cm³/mol. The van der Waals surface area contributed by atoms with E-state index in [9.17, 15) is 13.2 Å². The second-order valence-electron chi connectivity index (χ2n) is 6.45. The van der Waals surface area contributed by atoms with Crippen LogP contribution in [0.1, 0.15) is 34.8 Å². The van der Waals surface area contributed by atoms with Crippen molar-refractivity contribution in [3.8, 4) is 0 Å². The summed E-state index contributed by atoms with van der Waals surface area (Å²) in [5, 5.41) is 2.91. The molecule has 0 saturated heterocycles. The van der Waals surface area contributed by atoms with Crippen LogP contribution in [0.25, 0.3) is 0 Å². The fourth-order valence-corrected chi connectivity index (χ4v) is 4.76. The van der Waals surface area contributed by atoms with Crippen molar-refractivity contribution in [2.24, 2.45) is 0 Å². The van der Waals surface area contributed by atoms with Gasteiger partial charge in [-0.05, 0) is 45.2 Å². The summed E-state index contributed by atoms with van der Waals surface area (Å²) in [5.41, 5.74) is 1.46. The molecular formula is C17H21N3O3S2. The van der Waals surface area contributed by atoms with Crippen LogP contribution in [-0.4, -0.2) is 43.1 Å². The number of amides is 1. The van der Waals surface area contributed by atoms with Crippen LogP contribution >= 0.6 is 11.3 Å². The molecule has 0 bridgehead atoms. The minimum Gasteiger partial charge on any atom is -0.301 e. The molecule has 6 nitrogen and oxygen atoms in total. The molecule has 8 heteroatoms. The van der Waals surface area contributed by atoms with Gasteiger partial charge in [0.15, 0.2) is 15.0 Å². The zero-order chi connectivity index (χ0) is 18.2. The zero-order valence-corrected chi connectivity index (χ0v) is 16.1. The molecule has 2 heterocycles. The van der Waals surface area contributed by atoms with Crippen molar-refractivity contribution >= 4 is 32.2 Å². The van der Waals surface area contributed by atoms with E-state index in [0.29, 0.717) is 10.7 Å². The number of carbonyl (C=O) groups excluding carboxylic acids is 1. The van der Waals surface area contributed by atoms with Gasteiger partial charge in [-0.2, -0.15) is 0 Å². The Morgan fingerprint density at radius 3 is 2.60 bits per heavy atom. The number of likely N-dealkylation sites (N-methyl/N-ethyl adjacent to an activating group) is 1. The molecule has 1 aliphatic rings. The van der Waals surface area contributed by atoms with Crippen molar-refractivity contribution in [3.63, 3.8) is 0 Å². The molecule has 0 radical (unpaired) electrons. The highest BCUT2D eigenvalue weighted by Gasteiger charge is 2.21. The minimum atomic E-state index is -3.33. The van der Waals surface area contributed by atoms with E-state index in [1.807, 2.05) is 0 Å². The van der Waals surface area contributed by atoms with Crippen molar-refractivity contribution in [1.29, 1.82) is 0 Å². The number of anilines is 1. The maximum atomic E-state index is 12.4. The van der Waals surface area contributed by atoms with Crippen LogP contribution in [0.2, 0.25) is 0 Å². The molecule has 0 spiro atoms. The first-order valence-corrected chi connectivity index (χ1v) is 10.5. The second-order valence-corrected chi connectivity index (χ2v) is 10.0. The molecule has 2 aromatic rings. The van der Waals surface area contributed by atoms with Crippen LogP contribution in [0, 0.1) is 0 Å². The summed E-state index contributed by atoms with van der Waals surface area (Å²) in [4.78, 5) is 20.5. The van der Waals surface area contributed by atoms with Crippen LogP contribution in [-0.2, 0) is 22.8 Å². The zero-order valence-electron chi connectivity index (χ0n) is 14.4. The number of thiazole rings is 1. The lowest BCUT2D eigenvalue weighted by molar-refractivity contribution is 0.102. The van der Waals surface area contributed by atoms with E-state index in [-0.39, 0.29) is 10.8 Å². The Kier molecular flexibility index (Phi) is 4.95. The first kappa shape index (κ1) is 18.0. The number of nitrogens with zero attached hydrogens (tertiary/aromatic N) is 2. The smallest absolute Gasteiger partial charge is 0.257 e. The molecule has 0 aliphatic carbocycles. The Labute approximate surface area is 151 Å². The topological polar surface area (TPSA) is 79.4 Å². The number of nitrogens with one attached hydrogen (secondary N) is 1. The number of hydrogen-bond donors (Lipinski definition) is 1. The molecule has 1 aromatic carbocycles. The van der Waals surface area contributed by atoms with Crippen LogP contribution in [0.5, 0.6) is 0 Å². The van der Waals surface area contributed by atoms with E-state index in [1.54, 1.807) is 13.8 Å². The highest BCUT2D eigenvalue weighted by atomic mass is 32.2. The van der Waals surface area contributed by atoms with Crippen LogP contribution in [0.3, 0.4) is 0 Å². The van der Waals surface area contributed by atoms with E-state index in [1.165, 1.54) is 40.5 Å². The standard InChI is InChI=1S/C17H21N3O3S2/c1-11(2)25(22,23)13-6-4-12(5-7-13)16(21)19-17-18-14-8-9-20(3)10-15(14)24-17/h4-7,11H,8-10H2,1-3H3,(H,18,19,21). The Bertz CT molecular complexity index is 886. The molecule has 3 rings (SSSR count). The minimum absolute atomic E-state index is 0.229. The monoisotopic (exact) mass is 379 g/mol. The number of fused-ring (bicyclic) bond motifs is 1. The largest absolute Gasteiger partial charge is 0.301 e. The summed E-state index contributed by atoms with van der Waals surface area (Å²) in [6.07, 6.45) is 0.889. The molecule has 1 amide bonds. The Balaban J connectivity index is 1.74. The Morgan fingerprint density at radius 1 is 1.28 bits per heavy atom. The normalized spacial score (nSPS) is 15.2. The molecule has 25 heavy (non-hydrogen) atoms. The Hall–Kier alpha value is -1.77. The third-order valence-corrected chi connectivity index (χ3v) is 7.38. The van der Waals surface area contributed by atoms with Gasteiger partial charge in [0.1, 0.15) is 0 Å². The first-order chi connectivity index (χ1) is 11.8. The van der Waals surface area contributed by atoms with Gasteiger partial charge >= 0.3 is 0 Å². The fraction of sp³-hybridized carbons (Fsp3) is 0.412. The fourth-order valence-electron chi connectivity index (χ4n) is 2.61. The molecular weight excluding hydrogens is 358 g/mol. The van der Waals surface area contributed by atoms with Gasteiger partial charge < -0.3 is 4.90 Å². The lowest BCUT2D eigenvalue weighted by Crippen LogP contribution is -2.25. The third-order valence-electron chi connectivity index (χ3n) is 4.21. The number of rotatable bonds is 4. The van der Waals surface area contributed by atoms with Gasteiger partial charge in [0.05, 0.1) is 15.8 Å². The van der Waals surface area contributed by atoms with Crippen molar-refractivity contribution in [1.82, 2.24) is 9.88 Å². The van der Waals surface area contributed by atoms with Crippen molar-refractivity contribution in [2.45, 2.75) is 37.0 Å². The predicted octanol–water partition coefficient (Wildman–Crippen LogP) is 2.57. The molecule has 0 saturated carbocycles. The van der Waals surface area contributed by atoms with E-state index in [4.69, 9.17) is 0 Å². The molecule has 0 fully saturated rings. The van der Waals surface area contributed by atoms with Crippen molar-refractivity contribution < 1.29 is 13.2 Å². The summed E-state index contributed by atoms with van der Waals surface area (Å²) in [6, 6.07) is 6.02. The maximum Gasteiger partial charge on any atom is 0.257 e. The van der Waals surface area contributed by atoms with E-state index >= 15 is 0 Å². The summed E-state index contributed by atoms with van der Waals surface area (Å²) >= 11 is 1.49. The molecule has 0 atom stereocenters. The summed E-state index contributed by atoms with van der Waals surface area (Å²) < 4.78 is 24.3. The molecule has 0 unspecified atom stereocenters. The lowest BCUT2D eigenvalue weighted by atomic mass is 10.2. The van der Waals surface area contributed by atoms with Gasteiger partial charge in [-0.15, -0.1) is 11.3 Å². The number of hydrogen-bond acceptors (Lipinski definition) is 6. The van der Waals surface area contributed by atoms with Gasteiger partial charge in [0, 0.05) is 30.0 Å². The quantitative estimate of drug-likeness (QED) is 0.883. The average Bonchev–Trinajstić information content (AvgIpc) is 2.96. The van der Waals surface area contributed by atoms with Crippen LogP contribution in [0.4, 0.5) is 5.13 Å². The van der Waals surface area contributed by atoms with Gasteiger partial charge in [0.25, 0.3) is 5.91 Å². The summed E-state index contributed by atoms with van der Waals surface area (Å²) in [5.74, 6) is -0.284. The highest BCUT2D eigenvalue weighted by Crippen LogP contribution is 2.28. The SMILES string of the molecule is CC(C)S(=O)(=O)c1ccc(C(=O)Nc2nc3c(s2)CN(C)CC3)cc1. The van der Waals surface area contributed by atoms with Gasteiger partial charge in [-0.1, -0.05) is 0 Å². The van der Waals surface area contributed by atoms with Crippen molar-refractivity contribution in [3.05, 3.63) is 40.4 Å². The summed E-state index contributed by atoms with van der Waals surface area (Å²) in [6.45, 7) is 5.09.